The van der Waals surface area contributed by atoms with Gasteiger partial charge in [0.25, 0.3) is 0 Å². The lowest BCUT2D eigenvalue weighted by Gasteiger charge is -2.21. The predicted octanol–water partition coefficient (Wildman–Crippen LogP) is 14.4. The Hall–Kier alpha value is -8.41. The van der Waals surface area contributed by atoms with Crippen LogP contribution in [0.15, 0.2) is 224 Å². The molecule has 12 aromatic rings. The summed E-state index contributed by atoms with van der Waals surface area (Å²) in [6.45, 7) is 0. The molecule has 0 bridgehead atoms. The zero-order valence-corrected chi connectivity index (χ0v) is 33.6. The molecule has 0 fully saturated rings. The first-order valence-corrected chi connectivity index (χ1v) is 21.0. The van der Waals surface area contributed by atoms with Crippen molar-refractivity contribution in [2.45, 2.75) is 0 Å². The highest BCUT2D eigenvalue weighted by Crippen LogP contribution is 2.47. The van der Waals surface area contributed by atoms with Gasteiger partial charge in [-0.1, -0.05) is 182 Å². The van der Waals surface area contributed by atoms with Gasteiger partial charge in [-0.25, -0.2) is 15.0 Å². The van der Waals surface area contributed by atoms with Crippen LogP contribution in [-0.2, 0) is 0 Å². The number of benzene rings is 9. The van der Waals surface area contributed by atoms with Gasteiger partial charge < -0.3 is 9.13 Å². The first-order valence-electron chi connectivity index (χ1n) is 21.0. The van der Waals surface area contributed by atoms with Crippen LogP contribution >= 0.6 is 0 Å². The molecule has 290 valence electrons. The van der Waals surface area contributed by atoms with Crippen molar-refractivity contribution in [3.63, 3.8) is 0 Å². The van der Waals surface area contributed by atoms with Crippen LogP contribution in [-0.4, -0.2) is 24.1 Å². The standard InChI is InChI=1S/C57H37N5/c1-6-20-38(21-7-1)47-36-42(57-59-55(40-24-10-3-11-25-40)58-56(60-57)41-26-12-4-13-27-41)37-48(39-22-8-2-9-23-39)53(47)62-49-32-18-16-30-44(49)45-34-35-51-52(54(45)62)46-31-17-19-33-50(46)61(51)43-28-14-5-15-29-43/h1-37H. The SMILES string of the molecule is c1ccc(-c2nc(-c3ccccc3)nc(-c3cc(-c4ccccc4)c(-n4c5ccccc5c5ccc6c(c7ccccc7n6-c6ccccc6)c54)c(-c4ccccc4)c3)n2)cc1. The van der Waals surface area contributed by atoms with Gasteiger partial charge in [-0.2, -0.15) is 0 Å². The van der Waals surface area contributed by atoms with E-state index in [4.69, 9.17) is 15.0 Å². The number of hydrogen-bond acceptors (Lipinski definition) is 3. The Bertz CT molecular complexity index is 3480. The maximum absolute atomic E-state index is 5.24. The quantitative estimate of drug-likeness (QED) is 0.162. The van der Waals surface area contributed by atoms with Crippen molar-refractivity contribution in [3.05, 3.63) is 224 Å². The van der Waals surface area contributed by atoms with Crippen LogP contribution < -0.4 is 0 Å². The Balaban J connectivity index is 1.24. The monoisotopic (exact) mass is 791 g/mol. The average molecular weight is 792 g/mol. The summed E-state index contributed by atoms with van der Waals surface area (Å²) in [5, 5.41) is 4.80. The topological polar surface area (TPSA) is 48.5 Å². The highest BCUT2D eigenvalue weighted by atomic mass is 15.0. The third-order valence-electron chi connectivity index (χ3n) is 11.9. The minimum Gasteiger partial charge on any atom is -0.309 e. The lowest BCUT2D eigenvalue weighted by Crippen LogP contribution is -2.04. The van der Waals surface area contributed by atoms with Crippen LogP contribution in [0, 0.1) is 0 Å². The van der Waals surface area contributed by atoms with Crippen molar-refractivity contribution in [2.24, 2.45) is 0 Å². The van der Waals surface area contributed by atoms with E-state index in [9.17, 15) is 0 Å². The Kier molecular flexibility index (Phi) is 8.42. The Morgan fingerprint density at radius 3 is 1.24 bits per heavy atom. The van der Waals surface area contributed by atoms with Gasteiger partial charge in [0.1, 0.15) is 0 Å². The molecule has 5 nitrogen and oxygen atoms in total. The lowest BCUT2D eigenvalue weighted by atomic mass is 9.92. The van der Waals surface area contributed by atoms with Gasteiger partial charge in [0.15, 0.2) is 17.5 Å². The molecule has 0 aliphatic heterocycles. The summed E-state index contributed by atoms with van der Waals surface area (Å²) >= 11 is 0. The van der Waals surface area contributed by atoms with Gasteiger partial charge in [-0.15, -0.1) is 0 Å². The van der Waals surface area contributed by atoms with Crippen LogP contribution in [0.25, 0.3) is 111 Å². The van der Waals surface area contributed by atoms with Crippen molar-refractivity contribution in [1.29, 1.82) is 0 Å². The van der Waals surface area contributed by atoms with Crippen molar-refractivity contribution in [1.82, 2.24) is 24.1 Å². The maximum Gasteiger partial charge on any atom is 0.164 e. The van der Waals surface area contributed by atoms with Crippen LogP contribution in [0.3, 0.4) is 0 Å². The largest absolute Gasteiger partial charge is 0.309 e. The molecule has 0 aliphatic carbocycles. The molecular weight excluding hydrogens is 755 g/mol. The maximum atomic E-state index is 5.24. The smallest absolute Gasteiger partial charge is 0.164 e. The van der Waals surface area contributed by atoms with Crippen molar-refractivity contribution in [3.8, 4) is 67.8 Å². The summed E-state index contributed by atoms with van der Waals surface area (Å²) in [5.41, 5.74) is 13.9. The van der Waals surface area contributed by atoms with E-state index < -0.39 is 0 Å². The highest BCUT2D eigenvalue weighted by molar-refractivity contribution is 6.26. The van der Waals surface area contributed by atoms with Gasteiger partial charge >= 0.3 is 0 Å². The first-order chi connectivity index (χ1) is 30.8. The number of rotatable bonds is 7. The predicted molar refractivity (Wildman–Crippen MR) is 256 cm³/mol. The summed E-state index contributed by atoms with van der Waals surface area (Å²) in [7, 11) is 0. The molecular formula is C57H37N5. The Morgan fingerprint density at radius 1 is 0.290 bits per heavy atom. The summed E-state index contributed by atoms with van der Waals surface area (Å²) in [5.74, 6) is 1.86. The second kappa shape index (κ2) is 14.7. The fourth-order valence-corrected chi connectivity index (χ4v) is 9.21. The van der Waals surface area contributed by atoms with E-state index in [0.29, 0.717) is 17.5 Å². The van der Waals surface area contributed by atoms with E-state index in [2.05, 4.69) is 197 Å². The molecule has 3 heterocycles. The molecule has 0 saturated heterocycles. The average Bonchev–Trinajstić information content (AvgIpc) is 3.87. The zero-order chi connectivity index (χ0) is 41.0. The molecule has 0 spiro atoms. The molecule has 12 rings (SSSR count). The second-order valence-corrected chi connectivity index (χ2v) is 15.6. The Morgan fingerprint density at radius 2 is 0.710 bits per heavy atom. The van der Waals surface area contributed by atoms with E-state index in [0.717, 1.165) is 72.4 Å². The molecule has 62 heavy (non-hydrogen) atoms. The molecule has 0 radical (unpaired) electrons. The number of hydrogen-bond donors (Lipinski definition) is 0. The molecule has 3 aromatic heterocycles. The summed E-state index contributed by atoms with van der Waals surface area (Å²) in [6, 6.07) is 79.3. The lowest BCUT2D eigenvalue weighted by molar-refractivity contribution is 1.07. The first kappa shape index (κ1) is 35.5. The van der Waals surface area contributed by atoms with E-state index in [1.165, 1.54) is 21.5 Å². The normalized spacial score (nSPS) is 11.5. The number of nitrogens with zero attached hydrogens (tertiary/aromatic N) is 5. The van der Waals surface area contributed by atoms with Gasteiger partial charge in [0.2, 0.25) is 0 Å². The van der Waals surface area contributed by atoms with Crippen molar-refractivity contribution >= 4 is 43.6 Å². The van der Waals surface area contributed by atoms with E-state index >= 15 is 0 Å². The molecule has 0 unspecified atom stereocenters. The number of aromatic nitrogens is 5. The second-order valence-electron chi connectivity index (χ2n) is 15.6. The molecule has 0 N–H and O–H groups in total. The van der Waals surface area contributed by atoms with Crippen molar-refractivity contribution in [2.75, 3.05) is 0 Å². The Labute approximate surface area is 358 Å². The molecule has 0 saturated carbocycles. The third-order valence-corrected chi connectivity index (χ3v) is 11.9. The van der Waals surface area contributed by atoms with Gasteiger partial charge in [0.05, 0.1) is 27.8 Å². The van der Waals surface area contributed by atoms with E-state index in [-0.39, 0.29) is 0 Å². The van der Waals surface area contributed by atoms with Gasteiger partial charge in [0, 0.05) is 55.0 Å². The molecule has 5 heteroatoms. The van der Waals surface area contributed by atoms with E-state index in [1.54, 1.807) is 0 Å². The van der Waals surface area contributed by atoms with E-state index in [1.807, 2.05) is 36.4 Å². The fraction of sp³-hybridized carbons (Fsp3) is 0. The third kappa shape index (κ3) is 5.82. The summed E-state index contributed by atoms with van der Waals surface area (Å²) in [4.78, 5) is 15.5. The van der Waals surface area contributed by atoms with Crippen LogP contribution in [0.2, 0.25) is 0 Å². The zero-order valence-electron chi connectivity index (χ0n) is 33.6. The molecule has 0 amide bonds. The van der Waals surface area contributed by atoms with Gasteiger partial charge in [-0.3, -0.25) is 0 Å². The van der Waals surface area contributed by atoms with Crippen LogP contribution in [0.5, 0.6) is 0 Å². The highest BCUT2D eigenvalue weighted by Gasteiger charge is 2.26. The molecule has 0 atom stereocenters. The van der Waals surface area contributed by atoms with Crippen LogP contribution in [0.1, 0.15) is 0 Å². The minimum absolute atomic E-state index is 0.606. The minimum atomic E-state index is 0.606. The fourth-order valence-electron chi connectivity index (χ4n) is 9.21. The number of fused-ring (bicyclic) bond motifs is 7. The van der Waals surface area contributed by atoms with Crippen LogP contribution in [0.4, 0.5) is 0 Å². The molecule has 0 aliphatic rings. The van der Waals surface area contributed by atoms with Gasteiger partial charge in [-0.05, 0) is 53.6 Å². The summed E-state index contributed by atoms with van der Waals surface area (Å²) < 4.78 is 4.93. The number of para-hydroxylation sites is 3. The molecule has 9 aromatic carbocycles. The summed E-state index contributed by atoms with van der Waals surface area (Å²) in [6.07, 6.45) is 0. The van der Waals surface area contributed by atoms with Crippen molar-refractivity contribution < 1.29 is 0 Å².